The van der Waals surface area contributed by atoms with Crippen LogP contribution in [0.25, 0.3) is 0 Å². The SMILES string of the molecule is CC(C)C(=O)Nc1nc(CC(=O)N2CCC[C@@H]2C2CCCCC2)cs1. The third kappa shape index (κ3) is 4.60. The fraction of sp³-hybridized carbons (Fsp3) is 0.737. The molecule has 0 unspecified atom stereocenters. The van der Waals surface area contributed by atoms with Gasteiger partial charge in [0, 0.05) is 23.9 Å². The molecular formula is C19H29N3O2S. The highest BCUT2D eigenvalue weighted by Crippen LogP contribution is 2.34. The van der Waals surface area contributed by atoms with Gasteiger partial charge in [0.25, 0.3) is 0 Å². The number of nitrogens with zero attached hydrogens (tertiary/aromatic N) is 2. The lowest BCUT2D eigenvalue weighted by molar-refractivity contribution is -0.132. The van der Waals surface area contributed by atoms with Gasteiger partial charge in [0.1, 0.15) is 0 Å². The highest BCUT2D eigenvalue weighted by atomic mass is 32.1. The van der Waals surface area contributed by atoms with Gasteiger partial charge in [0.15, 0.2) is 5.13 Å². The predicted molar refractivity (Wildman–Crippen MR) is 101 cm³/mol. The van der Waals surface area contributed by atoms with E-state index in [2.05, 4.69) is 15.2 Å². The Morgan fingerprint density at radius 3 is 2.72 bits per heavy atom. The summed E-state index contributed by atoms with van der Waals surface area (Å²) >= 11 is 1.39. The lowest BCUT2D eigenvalue weighted by atomic mass is 9.83. The number of anilines is 1. The molecule has 138 valence electrons. The lowest BCUT2D eigenvalue weighted by Gasteiger charge is -2.34. The van der Waals surface area contributed by atoms with E-state index in [1.807, 2.05) is 19.2 Å². The van der Waals surface area contributed by atoms with Gasteiger partial charge >= 0.3 is 0 Å². The maximum atomic E-state index is 12.8. The standard InChI is InChI=1S/C19H29N3O2S/c1-13(2)18(24)21-19-20-15(12-25-19)11-17(23)22-10-6-9-16(22)14-7-4-3-5-8-14/h12-14,16H,3-11H2,1-2H3,(H,20,21,24)/t16-/m1/s1. The van der Waals surface area contributed by atoms with E-state index in [1.165, 1.54) is 43.4 Å². The molecule has 0 radical (unpaired) electrons. The molecule has 1 aliphatic carbocycles. The van der Waals surface area contributed by atoms with Crippen LogP contribution in [0, 0.1) is 11.8 Å². The van der Waals surface area contributed by atoms with Gasteiger partial charge in [-0.25, -0.2) is 4.98 Å². The van der Waals surface area contributed by atoms with Gasteiger partial charge < -0.3 is 10.2 Å². The van der Waals surface area contributed by atoms with Crippen LogP contribution in [0.15, 0.2) is 5.38 Å². The maximum Gasteiger partial charge on any atom is 0.228 e. The summed E-state index contributed by atoms with van der Waals surface area (Å²) in [6.45, 7) is 4.60. The van der Waals surface area contributed by atoms with E-state index < -0.39 is 0 Å². The van der Waals surface area contributed by atoms with Gasteiger partial charge in [-0.2, -0.15) is 0 Å². The molecule has 1 N–H and O–H groups in total. The minimum Gasteiger partial charge on any atom is -0.339 e. The van der Waals surface area contributed by atoms with Crippen LogP contribution in [0.3, 0.4) is 0 Å². The molecular weight excluding hydrogens is 334 g/mol. The number of carbonyl (C=O) groups excluding carboxylic acids is 2. The van der Waals surface area contributed by atoms with Crippen LogP contribution in [-0.4, -0.2) is 34.3 Å². The summed E-state index contributed by atoms with van der Waals surface area (Å²) in [5.74, 6) is 0.774. The smallest absolute Gasteiger partial charge is 0.228 e. The number of likely N-dealkylation sites (tertiary alicyclic amines) is 1. The van der Waals surface area contributed by atoms with E-state index in [4.69, 9.17) is 0 Å². The minimum atomic E-state index is -0.0742. The van der Waals surface area contributed by atoms with Crippen molar-refractivity contribution >= 4 is 28.3 Å². The summed E-state index contributed by atoms with van der Waals surface area (Å²) in [6, 6.07) is 0.437. The summed E-state index contributed by atoms with van der Waals surface area (Å²) < 4.78 is 0. The molecule has 1 atom stereocenters. The van der Waals surface area contributed by atoms with Gasteiger partial charge in [-0.1, -0.05) is 33.1 Å². The summed E-state index contributed by atoms with van der Waals surface area (Å²) in [5.41, 5.74) is 0.767. The Labute approximate surface area is 154 Å². The second kappa shape index (κ2) is 8.30. The first-order chi connectivity index (χ1) is 12.0. The minimum absolute atomic E-state index is 0.0378. The highest BCUT2D eigenvalue weighted by Gasteiger charge is 2.35. The summed E-state index contributed by atoms with van der Waals surface area (Å²) in [5, 5.41) is 5.29. The Morgan fingerprint density at radius 1 is 1.24 bits per heavy atom. The fourth-order valence-electron chi connectivity index (χ4n) is 4.06. The first kappa shape index (κ1) is 18.4. The zero-order valence-corrected chi connectivity index (χ0v) is 16.1. The van der Waals surface area contributed by atoms with Crippen molar-refractivity contribution in [1.82, 2.24) is 9.88 Å². The Morgan fingerprint density at radius 2 is 2.00 bits per heavy atom. The monoisotopic (exact) mass is 363 g/mol. The molecule has 2 fully saturated rings. The first-order valence-corrected chi connectivity index (χ1v) is 10.5. The number of thiazole rings is 1. The summed E-state index contributed by atoms with van der Waals surface area (Å²) in [6.07, 6.45) is 9.15. The van der Waals surface area contributed by atoms with Gasteiger partial charge in [0.05, 0.1) is 12.1 Å². The number of nitrogens with one attached hydrogen (secondary N) is 1. The Kier molecular flexibility index (Phi) is 6.10. The van der Waals surface area contributed by atoms with Crippen LogP contribution >= 0.6 is 11.3 Å². The van der Waals surface area contributed by atoms with E-state index in [1.54, 1.807) is 0 Å². The van der Waals surface area contributed by atoms with E-state index in [0.29, 0.717) is 23.5 Å². The van der Waals surface area contributed by atoms with Crippen LogP contribution in [0.1, 0.15) is 64.5 Å². The molecule has 0 bridgehead atoms. The molecule has 1 aromatic rings. The molecule has 6 heteroatoms. The molecule has 2 amide bonds. The number of hydrogen-bond acceptors (Lipinski definition) is 4. The van der Waals surface area contributed by atoms with Crippen molar-refractivity contribution in [2.45, 2.75) is 71.3 Å². The number of hydrogen-bond donors (Lipinski definition) is 1. The van der Waals surface area contributed by atoms with Gasteiger partial charge in [-0.15, -0.1) is 11.3 Å². The van der Waals surface area contributed by atoms with Crippen molar-refractivity contribution in [3.8, 4) is 0 Å². The summed E-state index contributed by atoms with van der Waals surface area (Å²) in [7, 11) is 0. The molecule has 2 aliphatic rings. The van der Waals surface area contributed by atoms with Crippen LogP contribution in [-0.2, 0) is 16.0 Å². The van der Waals surface area contributed by atoms with E-state index >= 15 is 0 Å². The van der Waals surface area contributed by atoms with Crippen LogP contribution in [0.4, 0.5) is 5.13 Å². The second-order valence-corrected chi connectivity index (χ2v) is 8.52. The Bertz CT molecular complexity index is 608. The third-order valence-corrected chi connectivity index (χ3v) is 6.26. The van der Waals surface area contributed by atoms with Crippen molar-refractivity contribution in [3.05, 3.63) is 11.1 Å². The Hall–Kier alpha value is -1.43. The number of amides is 2. The van der Waals surface area contributed by atoms with E-state index in [9.17, 15) is 9.59 Å². The molecule has 1 aliphatic heterocycles. The fourth-order valence-corrected chi connectivity index (χ4v) is 4.78. The highest BCUT2D eigenvalue weighted by molar-refractivity contribution is 7.13. The van der Waals surface area contributed by atoms with Gasteiger partial charge in [-0.05, 0) is 31.6 Å². The molecule has 2 heterocycles. The number of aromatic nitrogens is 1. The molecule has 3 rings (SSSR count). The van der Waals surface area contributed by atoms with Crippen molar-refractivity contribution in [1.29, 1.82) is 0 Å². The third-order valence-electron chi connectivity index (χ3n) is 5.45. The van der Waals surface area contributed by atoms with Crippen molar-refractivity contribution in [2.24, 2.45) is 11.8 Å². The van der Waals surface area contributed by atoms with Crippen molar-refractivity contribution in [2.75, 3.05) is 11.9 Å². The first-order valence-electron chi connectivity index (χ1n) is 9.59. The average Bonchev–Trinajstić information content (AvgIpc) is 3.25. The summed E-state index contributed by atoms with van der Waals surface area (Å²) in [4.78, 5) is 31.1. The molecule has 5 nitrogen and oxygen atoms in total. The average molecular weight is 364 g/mol. The number of carbonyl (C=O) groups is 2. The van der Waals surface area contributed by atoms with Crippen molar-refractivity contribution in [3.63, 3.8) is 0 Å². The Balaban J connectivity index is 1.58. The van der Waals surface area contributed by atoms with Crippen LogP contribution in [0.2, 0.25) is 0 Å². The normalized spacial score (nSPS) is 21.7. The van der Waals surface area contributed by atoms with E-state index in [0.717, 1.165) is 25.1 Å². The second-order valence-electron chi connectivity index (χ2n) is 7.66. The van der Waals surface area contributed by atoms with Crippen LogP contribution in [0.5, 0.6) is 0 Å². The molecule has 0 aromatic carbocycles. The van der Waals surface area contributed by atoms with Crippen LogP contribution < -0.4 is 5.32 Å². The maximum absolute atomic E-state index is 12.8. The quantitative estimate of drug-likeness (QED) is 0.864. The predicted octanol–water partition coefficient (Wildman–Crippen LogP) is 3.85. The largest absolute Gasteiger partial charge is 0.339 e. The molecule has 0 spiro atoms. The lowest BCUT2D eigenvalue weighted by Crippen LogP contribution is -2.41. The zero-order chi connectivity index (χ0) is 17.8. The number of rotatable bonds is 5. The van der Waals surface area contributed by atoms with Gasteiger partial charge in [0.2, 0.25) is 11.8 Å². The molecule has 25 heavy (non-hydrogen) atoms. The van der Waals surface area contributed by atoms with E-state index in [-0.39, 0.29) is 17.7 Å². The van der Waals surface area contributed by atoms with Gasteiger partial charge in [-0.3, -0.25) is 9.59 Å². The zero-order valence-electron chi connectivity index (χ0n) is 15.3. The topological polar surface area (TPSA) is 62.3 Å². The molecule has 1 saturated heterocycles. The molecule has 1 saturated carbocycles. The molecule has 1 aromatic heterocycles. The van der Waals surface area contributed by atoms with Crippen molar-refractivity contribution < 1.29 is 9.59 Å².